The van der Waals surface area contributed by atoms with Crippen molar-refractivity contribution in [1.29, 1.82) is 0 Å². The van der Waals surface area contributed by atoms with Gasteiger partial charge in [0.15, 0.2) is 5.82 Å². The lowest BCUT2D eigenvalue weighted by Crippen LogP contribution is -2.21. The van der Waals surface area contributed by atoms with Gasteiger partial charge >= 0.3 is 0 Å². The van der Waals surface area contributed by atoms with Crippen molar-refractivity contribution in [2.45, 2.75) is 32.8 Å². The van der Waals surface area contributed by atoms with E-state index in [0.29, 0.717) is 19.0 Å². The van der Waals surface area contributed by atoms with Gasteiger partial charge in [-0.25, -0.2) is 9.97 Å². The smallest absolute Gasteiger partial charge is 0.158 e. The third-order valence-corrected chi connectivity index (χ3v) is 2.99. The molecule has 0 aliphatic carbocycles. The first-order valence-corrected chi connectivity index (χ1v) is 7.16. The Morgan fingerprint density at radius 1 is 1.30 bits per heavy atom. The first-order valence-electron chi connectivity index (χ1n) is 7.16. The van der Waals surface area contributed by atoms with Crippen LogP contribution in [0.3, 0.4) is 0 Å². The van der Waals surface area contributed by atoms with E-state index >= 15 is 0 Å². The largest absolute Gasteiger partial charge is 0.396 e. The Morgan fingerprint density at radius 2 is 2.10 bits per heavy atom. The summed E-state index contributed by atoms with van der Waals surface area (Å²) in [5.74, 6) is 2.38. The van der Waals surface area contributed by atoms with Gasteiger partial charge in [-0.2, -0.15) is 0 Å². The number of nitrogens with zero attached hydrogens (tertiary/aromatic N) is 3. The molecule has 1 rings (SSSR count). The summed E-state index contributed by atoms with van der Waals surface area (Å²) in [5, 5.41) is 11.8. The summed E-state index contributed by atoms with van der Waals surface area (Å²) in [5.41, 5.74) is 0. The average molecular weight is 282 g/mol. The lowest BCUT2D eigenvalue weighted by molar-refractivity contribution is 0.128. The number of anilines is 2. The molecule has 0 amide bonds. The van der Waals surface area contributed by atoms with Gasteiger partial charge in [-0.3, -0.25) is 0 Å². The highest BCUT2D eigenvalue weighted by molar-refractivity contribution is 5.48. The second-order valence-electron chi connectivity index (χ2n) is 4.62. The maximum atomic E-state index is 8.78. The van der Waals surface area contributed by atoms with Gasteiger partial charge < -0.3 is 20.1 Å². The van der Waals surface area contributed by atoms with E-state index in [2.05, 4.69) is 20.2 Å². The quantitative estimate of drug-likeness (QED) is 0.636. The number of rotatable bonds is 10. The fourth-order valence-electron chi connectivity index (χ4n) is 1.82. The maximum Gasteiger partial charge on any atom is 0.158 e. The highest BCUT2D eigenvalue weighted by Crippen LogP contribution is 2.15. The molecule has 0 bridgehead atoms. The van der Waals surface area contributed by atoms with Crippen LogP contribution in [0.5, 0.6) is 0 Å². The molecule has 0 aliphatic heterocycles. The zero-order valence-corrected chi connectivity index (χ0v) is 12.7. The van der Waals surface area contributed by atoms with Gasteiger partial charge in [0.25, 0.3) is 0 Å². The van der Waals surface area contributed by atoms with E-state index in [-0.39, 0.29) is 6.61 Å². The molecule has 0 spiro atoms. The van der Waals surface area contributed by atoms with Crippen LogP contribution >= 0.6 is 0 Å². The second-order valence-corrected chi connectivity index (χ2v) is 4.62. The maximum absolute atomic E-state index is 8.78. The lowest BCUT2D eigenvalue weighted by atomic mass is 10.2. The van der Waals surface area contributed by atoms with Crippen LogP contribution in [0.15, 0.2) is 6.07 Å². The number of unbranched alkanes of at least 4 members (excludes halogenated alkanes) is 2. The molecule has 0 atom stereocenters. The number of ether oxygens (including phenoxy) is 1. The Hall–Kier alpha value is -1.40. The molecule has 0 fully saturated rings. The number of aromatic nitrogens is 2. The first-order chi connectivity index (χ1) is 9.71. The number of aliphatic hydroxyl groups is 1. The van der Waals surface area contributed by atoms with E-state index in [0.717, 1.165) is 37.4 Å². The molecule has 1 aromatic heterocycles. The van der Waals surface area contributed by atoms with Crippen molar-refractivity contribution in [2.75, 3.05) is 44.1 Å². The van der Waals surface area contributed by atoms with Crippen molar-refractivity contribution >= 4 is 11.6 Å². The lowest BCUT2D eigenvalue weighted by Gasteiger charge is -2.19. The van der Waals surface area contributed by atoms with Crippen molar-refractivity contribution in [2.24, 2.45) is 0 Å². The minimum Gasteiger partial charge on any atom is -0.396 e. The molecular formula is C14H26N4O2. The summed E-state index contributed by atoms with van der Waals surface area (Å²) in [4.78, 5) is 11.0. The third kappa shape index (κ3) is 5.71. The van der Waals surface area contributed by atoms with Gasteiger partial charge in [0.05, 0.1) is 0 Å². The number of nitrogens with one attached hydrogen (secondary N) is 1. The van der Waals surface area contributed by atoms with Crippen LogP contribution in [-0.2, 0) is 11.3 Å². The summed E-state index contributed by atoms with van der Waals surface area (Å²) in [6.07, 6.45) is 2.92. The fourth-order valence-corrected chi connectivity index (χ4v) is 1.82. The average Bonchev–Trinajstić information content (AvgIpc) is 2.48. The van der Waals surface area contributed by atoms with Crippen molar-refractivity contribution in [3.05, 3.63) is 11.9 Å². The molecule has 0 aromatic carbocycles. The van der Waals surface area contributed by atoms with E-state index in [4.69, 9.17) is 9.84 Å². The Labute approximate surface area is 121 Å². The fraction of sp³-hybridized carbons (Fsp3) is 0.714. The van der Waals surface area contributed by atoms with Crippen molar-refractivity contribution in [1.82, 2.24) is 9.97 Å². The Morgan fingerprint density at radius 3 is 2.75 bits per heavy atom. The van der Waals surface area contributed by atoms with Crippen LogP contribution in [0, 0.1) is 0 Å². The Bertz CT molecular complexity index is 387. The minimum absolute atomic E-state index is 0.264. The van der Waals surface area contributed by atoms with Crippen molar-refractivity contribution in [3.8, 4) is 0 Å². The molecule has 6 heteroatoms. The number of hydrogen-bond donors (Lipinski definition) is 2. The summed E-state index contributed by atoms with van der Waals surface area (Å²) in [6.45, 7) is 4.21. The van der Waals surface area contributed by atoms with Crippen LogP contribution in [-0.4, -0.2) is 48.9 Å². The van der Waals surface area contributed by atoms with Gasteiger partial charge in [0.2, 0.25) is 0 Å². The third-order valence-electron chi connectivity index (χ3n) is 2.99. The topological polar surface area (TPSA) is 70.5 Å². The summed E-state index contributed by atoms with van der Waals surface area (Å²) >= 11 is 0. The summed E-state index contributed by atoms with van der Waals surface area (Å²) in [6, 6.07) is 1.93. The summed E-state index contributed by atoms with van der Waals surface area (Å²) < 4.78 is 5.37. The molecule has 0 aliphatic rings. The van der Waals surface area contributed by atoms with Crippen molar-refractivity contribution < 1.29 is 9.84 Å². The number of hydrogen-bond acceptors (Lipinski definition) is 6. The SMILES string of the molecule is CCOCc1nc(NC)cc(N(C)CCCCCO)n1. The monoisotopic (exact) mass is 282 g/mol. The molecule has 0 unspecified atom stereocenters. The minimum atomic E-state index is 0.264. The Balaban J connectivity index is 2.66. The first kappa shape index (κ1) is 16.7. The molecule has 1 aromatic rings. The van der Waals surface area contributed by atoms with E-state index in [9.17, 15) is 0 Å². The molecule has 6 nitrogen and oxygen atoms in total. The second kappa shape index (κ2) is 9.50. The molecule has 114 valence electrons. The van der Waals surface area contributed by atoms with Crippen LogP contribution in [0.4, 0.5) is 11.6 Å². The van der Waals surface area contributed by atoms with Crippen LogP contribution < -0.4 is 10.2 Å². The van der Waals surface area contributed by atoms with E-state index in [1.165, 1.54) is 0 Å². The molecular weight excluding hydrogens is 256 g/mol. The zero-order chi connectivity index (χ0) is 14.8. The molecule has 0 saturated carbocycles. The van der Waals surface area contributed by atoms with E-state index in [1.54, 1.807) is 0 Å². The van der Waals surface area contributed by atoms with Gasteiger partial charge in [0, 0.05) is 39.9 Å². The highest BCUT2D eigenvalue weighted by Gasteiger charge is 2.08. The van der Waals surface area contributed by atoms with Crippen LogP contribution in [0.2, 0.25) is 0 Å². The van der Waals surface area contributed by atoms with Gasteiger partial charge in [0.1, 0.15) is 18.2 Å². The van der Waals surface area contributed by atoms with E-state index in [1.807, 2.05) is 27.1 Å². The predicted molar refractivity (Wildman–Crippen MR) is 81.1 cm³/mol. The van der Waals surface area contributed by atoms with E-state index < -0.39 is 0 Å². The van der Waals surface area contributed by atoms with Crippen LogP contribution in [0.1, 0.15) is 32.0 Å². The molecule has 1 heterocycles. The summed E-state index contributed by atoms with van der Waals surface area (Å²) in [7, 11) is 3.86. The van der Waals surface area contributed by atoms with Gasteiger partial charge in [-0.15, -0.1) is 0 Å². The molecule has 0 radical (unpaired) electrons. The molecule has 20 heavy (non-hydrogen) atoms. The zero-order valence-electron chi connectivity index (χ0n) is 12.7. The Kier molecular flexibility index (Phi) is 7.91. The highest BCUT2D eigenvalue weighted by atomic mass is 16.5. The molecule has 2 N–H and O–H groups in total. The van der Waals surface area contributed by atoms with Gasteiger partial charge in [-0.05, 0) is 26.2 Å². The molecule has 0 saturated heterocycles. The van der Waals surface area contributed by atoms with Crippen LogP contribution in [0.25, 0.3) is 0 Å². The standard InChI is InChI=1S/C14H26N4O2/c1-4-20-11-13-16-12(15-2)10-14(17-13)18(3)8-6-5-7-9-19/h10,19H,4-9,11H2,1-3H3,(H,15,16,17). The normalized spacial score (nSPS) is 10.6. The van der Waals surface area contributed by atoms with Crippen molar-refractivity contribution in [3.63, 3.8) is 0 Å². The predicted octanol–water partition coefficient (Wildman–Crippen LogP) is 1.65. The van der Waals surface area contributed by atoms with Gasteiger partial charge in [-0.1, -0.05) is 0 Å². The number of aliphatic hydroxyl groups excluding tert-OH is 1.